The summed E-state index contributed by atoms with van der Waals surface area (Å²) in [6.07, 6.45) is -0.672. The summed E-state index contributed by atoms with van der Waals surface area (Å²) in [4.78, 5) is 12.5. The molecule has 0 radical (unpaired) electrons. The van der Waals surface area contributed by atoms with Crippen LogP contribution < -0.4 is 24.3 Å². The van der Waals surface area contributed by atoms with E-state index in [9.17, 15) is 4.79 Å². The highest BCUT2D eigenvalue weighted by Crippen LogP contribution is 2.33. The normalized spacial score (nSPS) is 19.0. The molecule has 0 aromatic heterocycles. The molecule has 1 amide bonds. The Labute approximate surface area is 145 Å². The minimum atomic E-state index is -0.672. The van der Waals surface area contributed by atoms with E-state index in [4.69, 9.17) is 18.9 Å². The number of hydrogen-bond acceptors (Lipinski definition) is 5. The van der Waals surface area contributed by atoms with Gasteiger partial charge in [-0.2, -0.15) is 0 Å². The Bertz CT molecular complexity index is 791. The van der Waals surface area contributed by atoms with Crippen LogP contribution in [0.25, 0.3) is 0 Å². The van der Waals surface area contributed by atoms with E-state index in [1.165, 1.54) is 0 Å². The van der Waals surface area contributed by atoms with Gasteiger partial charge in [0.15, 0.2) is 23.0 Å². The number of carbonyl (C=O) groups is 1. The molecule has 130 valence electrons. The summed E-state index contributed by atoms with van der Waals surface area (Å²) in [5.41, 5.74) is 0.940. The monoisotopic (exact) mass is 341 g/mol. The van der Waals surface area contributed by atoms with Crippen molar-refractivity contribution in [2.75, 3.05) is 19.8 Å². The zero-order valence-corrected chi connectivity index (χ0v) is 13.9. The molecule has 0 saturated carbocycles. The lowest BCUT2D eigenvalue weighted by Gasteiger charge is -2.27. The van der Waals surface area contributed by atoms with Crippen molar-refractivity contribution >= 4 is 5.91 Å². The zero-order chi connectivity index (χ0) is 17.2. The molecule has 2 aromatic rings. The summed E-state index contributed by atoms with van der Waals surface area (Å²) >= 11 is 0. The average molecular weight is 341 g/mol. The van der Waals surface area contributed by atoms with Gasteiger partial charge in [0.25, 0.3) is 5.91 Å². The first-order valence-corrected chi connectivity index (χ1v) is 8.29. The molecule has 6 heteroatoms. The van der Waals surface area contributed by atoms with E-state index in [0.717, 1.165) is 11.3 Å². The summed E-state index contributed by atoms with van der Waals surface area (Å²) in [6.45, 7) is 3.20. The van der Waals surface area contributed by atoms with Crippen molar-refractivity contribution in [2.24, 2.45) is 0 Å². The Kier molecular flexibility index (Phi) is 4.09. The molecule has 0 unspecified atom stereocenters. The molecular formula is C19H19NO5. The topological polar surface area (TPSA) is 66.0 Å². The molecule has 1 N–H and O–H groups in total. The second kappa shape index (κ2) is 6.55. The maximum Gasteiger partial charge on any atom is 0.265 e. The minimum absolute atomic E-state index is 0.191. The summed E-state index contributed by atoms with van der Waals surface area (Å²) in [5, 5.41) is 2.96. The number of hydrogen-bond donors (Lipinski definition) is 1. The first kappa shape index (κ1) is 15.6. The predicted octanol–water partition coefficient (Wildman–Crippen LogP) is 2.47. The van der Waals surface area contributed by atoms with E-state index < -0.39 is 6.10 Å². The van der Waals surface area contributed by atoms with Gasteiger partial charge in [-0.1, -0.05) is 18.2 Å². The zero-order valence-electron chi connectivity index (χ0n) is 13.9. The number of para-hydroxylation sites is 2. The third kappa shape index (κ3) is 3.20. The van der Waals surface area contributed by atoms with Gasteiger partial charge in [0.2, 0.25) is 6.10 Å². The van der Waals surface area contributed by atoms with Gasteiger partial charge in [0.1, 0.15) is 19.8 Å². The number of amides is 1. The van der Waals surface area contributed by atoms with E-state index >= 15 is 0 Å². The van der Waals surface area contributed by atoms with Gasteiger partial charge in [0.05, 0.1) is 6.04 Å². The SMILES string of the molecule is C[C@@H](NC(=O)[C@@H]1COc2ccccc2O1)c1ccc2c(c1)OCCO2. The minimum Gasteiger partial charge on any atom is -0.486 e. The summed E-state index contributed by atoms with van der Waals surface area (Å²) in [5.74, 6) is 2.47. The van der Waals surface area contributed by atoms with Crippen LogP contribution in [0.3, 0.4) is 0 Å². The van der Waals surface area contributed by atoms with Crippen molar-refractivity contribution in [3.8, 4) is 23.0 Å². The van der Waals surface area contributed by atoms with Gasteiger partial charge in [-0.3, -0.25) is 4.79 Å². The summed E-state index contributed by atoms with van der Waals surface area (Å²) < 4.78 is 22.4. The van der Waals surface area contributed by atoms with Crippen molar-refractivity contribution in [3.05, 3.63) is 48.0 Å². The lowest BCUT2D eigenvalue weighted by molar-refractivity contribution is -0.131. The fourth-order valence-electron chi connectivity index (χ4n) is 2.87. The van der Waals surface area contributed by atoms with Crippen LogP contribution in [-0.4, -0.2) is 31.8 Å². The highest BCUT2D eigenvalue weighted by molar-refractivity contribution is 5.82. The molecule has 0 fully saturated rings. The van der Waals surface area contributed by atoms with E-state index in [1.807, 2.05) is 43.3 Å². The molecule has 0 saturated heterocycles. The Morgan fingerprint density at radius 2 is 1.72 bits per heavy atom. The van der Waals surface area contributed by atoms with E-state index in [0.29, 0.717) is 30.5 Å². The number of rotatable bonds is 3. The number of fused-ring (bicyclic) bond motifs is 2. The van der Waals surface area contributed by atoms with Crippen LogP contribution in [0.4, 0.5) is 0 Å². The molecule has 0 bridgehead atoms. The number of ether oxygens (including phenoxy) is 4. The Hall–Kier alpha value is -2.89. The fourth-order valence-corrected chi connectivity index (χ4v) is 2.87. The molecule has 2 heterocycles. The van der Waals surface area contributed by atoms with Crippen molar-refractivity contribution in [1.82, 2.24) is 5.32 Å². The fraction of sp³-hybridized carbons (Fsp3) is 0.316. The van der Waals surface area contributed by atoms with Crippen molar-refractivity contribution < 1.29 is 23.7 Å². The van der Waals surface area contributed by atoms with Crippen LogP contribution in [0, 0.1) is 0 Å². The van der Waals surface area contributed by atoms with Crippen LogP contribution in [0.15, 0.2) is 42.5 Å². The molecule has 4 rings (SSSR count). The summed E-state index contributed by atoms with van der Waals surface area (Å²) in [7, 11) is 0. The Morgan fingerprint density at radius 3 is 2.56 bits per heavy atom. The first-order chi connectivity index (χ1) is 12.2. The van der Waals surface area contributed by atoms with Crippen LogP contribution in [-0.2, 0) is 4.79 Å². The predicted molar refractivity (Wildman–Crippen MR) is 90.3 cm³/mol. The molecule has 25 heavy (non-hydrogen) atoms. The van der Waals surface area contributed by atoms with Crippen LogP contribution in [0.1, 0.15) is 18.5 Å². The average Bonchev–Trinajstić information content (AvgIpc) is 2.67. The van der Waals surface area contributed by atoms with Gasteiger partial charge >= 0.3 is 0 Å². The number of nitrogens with one attached hydrogen (secondary N) is 1. The lowest BCUT2D eigenvalue weighted by Crippen LogP contribution is -2.44. The molecule has 0 aliphatic carbocycles. The van der Waals surface area contributed by atoms with Crippen molar-refractivity contribution in [3.63, 3.8) is 0 Å². The first-order valence-electron chi connectivity index (χ1n) is 8.29. The highest BCUT2D eigenvalue weighted by Gasteiger charge is 2.28. The van der Waals surface area contributed by atoms with Crippen LogP contribution in [0.2, 0.25) is 0 Å². The number of carbonyl (C=O) groups excluding carboxylic acids is 1. The van der Waals surface area contributed by atoms with Gasteiger partial charge in [-0.25, -0.2) is 0 Å². The molecule has 6 nitrogen and oxygen atoms in total. The Morgan fingerprint density at radius 1 is 1.00 bits per heavy atom. The van der Waals surface area contributed by atoms with Gasteiger partial charge < -0.3 is 24.3 Å². The summed E-state index contributed by atoms with van der Waals surface area (Å²) in [6, 6.07) is 12.8. The molecule has 2 aliphatic heterocycles. The van der Waals surface area contributed by atoms with Crippen LogP contribution in [0.5, 0.6) is 23.0 Å². The van der Waals surface area contributed by atoms with E-state index in [-0.39, 0.29) is 18.6 Å². The van der Waals surface area contributed by atoms with Gasteiger partial charge in [0, 0.05) is 0 Å². The molecule has 2 atom stereocenters. The molecular weight excluding hydrogens is 322 g/mol. The standard InChI is InChI=1S/C19H19NO5/c1-12(13-6-7-15-17(10-13)23-9-8-22-15)20-19(21)18-11-24-14-4-2-3-5-16(14)25-18/h2-7,10,12,18H,8-9,11H2,1H3,(H,20,21)/t12-,18+/m1/s1. The maximum atomic E-state index is 12.5. The van der Waals surface area contributed by atoms with E-state index in [2.05, 4.69) is 5.32 Å². The molecule has 0 spiro atoms. The van der Waals surface area contributed by atoms with Gasteiger partial charge in [-0.15, -0.1) is 0 Å². The number of benzene rings is 2. The van der Waals surface area contributed by atoms with E-state index in [1.54, 1.807) is 6.07 Å². The van der Waals surface area contributed by atoms with Gasteiger partial charge in [-0.05, 0) is 36.8 Å². The third-order valence-corrected chi connectivity index (χ3v) is 4.23. The van der Waals surface area contributed by atoms with Crippen molar-refractivity contribution in [2.45, 2.75) is 19.1 Å². The third-order valence-electron chi connectivity index (χ3n) is 4.23. The second-order valence-corrected chi connectivity index (χ2v) is 6.00. The Balaban J connectivity index is 1.42. The quantitative estimate of drug-likeness (QED) is 0.929. The molecule has 2 aliphatic rings. The molecule has 2 aromatic carbocycles. The second-order valence-electron chi connectivity index (χ2n) is 6.00. The highest BCUT2D eigenvalue weighted by atomic mass is 16.6. The smallest absolute Gasteiger partial charge is 0.265 e. The maximum absolute atomic E-state index is 12.5. The van der Waals surface area contributed by atoms with Crippen molar-refractivity contribution in [1.29, 1.82) is 0 Å². The largest absolute Gasteiger partial charge is 0.486 e. The lowest BCUT2D eigenvalue weighted by atomic mass is 10.1. The van der Waals surface area contributed by atoms with Crippen LogP contribution >= 0.6 is 0 Å².